The van der Waals surface area contributed by atoms with Crippen LogP contribution in [0.2, 0.25) is 5.02 Å². The van der Waals surface area contributed by atoms with Crippen molar-refractivity contribution in [3.63, 3.8) is 0 Å². The molecule has 2 nitrogen and oxygen atoms in total. The summed E-state index contributed by atoms with van der Waals surface area (Å²) < 4.78 is 0. The fourth-order valence-electron chi connectivity index (χ4n) is 0.888. The maximum Gasteiger partial charge on any atom is 0.137 e. The second-order valence-corrected chi connectivity index (χ2v) is 3.50. The lowest BCUT2D eigenvalue weighted by Crippen LogP contribution is -1.96. The van der Waals surface area contributed by atoms with Crippen molar-refractivity contribution in [2.45, 2.75) is 6.92 Å². The maximum absolute atomic E-state index is 8.53. The second-order valence-electron chi connectivity index (χ2n) is 2.68. The van der Waals surface area contributed by atoms with Gasteiger partial charge >= 0.3 is 0 Å². The molecule has 1 aromatic carbocycles. The number of halogens is 2. The van der Waals surface area contributed by atoms with Crippen molar-refractivity contribution in [2.24, 2.45) is 0 Å². The van der Waals surface area contributed by atoms with Crippen LogP contribution in [-0.4, -0.2) is 0 Å². The molecule has 0 aliphatic rings. The minimum absolute atomic E-state index is 0.153. The van der Waals surface area contributed by atoms with Crippen LogP contribution in [0.1, 0.15) is 6.92 Å². The first-order chi connectivity index (χ1) is 6.63. The van der Waals surface area contributed by atoms with Gasteiger partial charge in [-0.2, -0.15) is 5.26 Å². The summed E-state index contributed by atoms with van der Waals surface area (Å²) in [6.45, 7) is 1.74. The molecular weight excluding hydrogens is 219 g/mol. The molecule has 0 aromatic heterocycles. The lowest BCUT2D eigenvalue weighted by molar-refractivity contribution is 1.36. The Morgan fingerprint density at radius 1 is 1.36 bits per heavy atom. The van der Waals surface area contributed by atoms with E-state index in [-0.39, 0.29) is 5.03 Å². The number of benzene rings is 1. The third-order valence-corrected chi connectivity index (χ3v) is 2.22. The van der Waals surface area contributed by atoms with Gasteiger partial charge in [0.2, 0.25) is 0 Å². The minimum atomic E-state index is 0.153. The van der Waals surface area contributed by atoms with E-state index >= 15 is 0 Å². The SMILES string of the molecule is C/C(Nc1ccc(Cl)cc1)=C(/Cl)C#N. The van der Waals surface area contributed by atoms with Crippen molar-refractivity contribution in [2.75, 3.05) is 5.32 Å². The third-order valence-electron chi connectivity index (χ3n) is 1.60. The van der Waals surface area contributed by atoms with Crippen LogP contribution >= 0.6 is 23.2 Å². The van der Waals surface area contributed by atoms with E-state index in [4.69, 9.17) is 28.5 Å². The molecule has 1 aromatic rings. The molecule has 0 radical (unpaired) electrons. The molecule has 0 spiro atoms. The van der Waals surface area contributed by atoms with Crippen LogP contribution in [0.25, 0.3) is 0 Å². The molecule has 4 heteroatoms. The van der Waals surface area contributed by atoms with Crippen LogP contribution in [-0.2, 0) is 0 Å². The topological polar surface area (TPSA) is 35.8 Å². The van der Waals surface area contributed by atoms with Gasteiger partial charge in [0.15, 0.2) is 0 Å². The van der Waals surface area contributed by atoms with Crippen LogP contribution in [0.4, 0.5) is 5.69 Å². The first-order valence-corrected chi connectivity index (χ1v) is 4.68. The number of rotatable bonds is 2. The van der Waals surface area contributed by atoms with Gasteiger partial charge in [0.05, 0.1) is 0 Å². The summed E-state index contributed by atoms with van der Waals surface area (Å²) in [5.74, 6) is 0. The Kier molecular flexibility index (Phi) is 3.82. The summed E-state index contributed by atoms with van der Waals surface area (Å²) in [6, 6.07) is 9.00. The Morgan fingerprint density at radius 3 is 2.43 bits per heavy atom. The van der Waals surface area contributed by atoms with Crippen molar-refractivity contribution in [3.8, 4) is 6.07 Å². The van der Waals surface area contributed by atoms with E-state index in [0.717, 1.165) is 5.69 Å². The molecule has 1 N–H and O–H groups in total. The summed E-state index contributed by atoms with van der Waals surface area (Å²) in [7, 11) is 0. The highest BCUT2D eigenvalue weighted by atomic mass is 35.5. The Hall–Kier alpha value is -1.17. The van der Waals surface area contributed by atoms with E-state index < -0.39 is 0 Å². The van der Waals surface area contributed by atoms with E-state index in [9.17, 15) is 0 Å². The summed E-state index contributed by atoms with van der Waals surface area (Å²) in [4.78, 5) is 0. The fourth-order valence-corrected chi connectivity index (χ4v) is 1.06. The monoisotopic (exact) mass is 226 g/mol. The predicted octanol–water partition coefficient (Wildman–Crippen LogP) is 3.75. The van der Waals surface area contributed by atoms with Crippen molar-refractivity contribution < 1.29 is 0 Å². The standard InChI is InChI=1S/C10H8Cl2N2/c1-7(10(12)6-13)14-9-4-2-8(11)3-5-9/h2-5,14H,1H3/b10-7-. The zero-order valence-corrected chi connectivity index (χ0v) is 9.02. The van der Waals surface area contributed by atoms with Crippen LogP contribution in [0.3, 0.4) is 0 Å². The Labute approximate surface area is 92.8 Å². The molecule has 0 fully saturated rings. The van der Waals surface area contributed by atoms with Gasteiger partial charge in [0, 0.05) is 16.4 Å². The zero-order valence-electron chi connectivity index (χ0n) is 7.51. The number of hydrogen-bond donors (Lipinski definition) is 1. The number of hydrogen-bond acceptors (Lipinski definition) is 2. The van der Waals surface area contributed by atoms with E-state index in [1.165, 1.54) is 0 Å². The number of allylic oxidation sites excluding steroid dienone is 2. The highest BCUT2D eigenvalue weighted by molar-refractivity contribution is 6.32. The van der Waals surface area contributed by atoms with E-state index in [0.29, 0.717) is 10.7 Å². The van der Waals surface area contributed by atoms with E-state index in [1.807, 2.05) is 18.2 Å². The lowest BCUT2D eigenvalue weighted by Gasteiger charge is -2.05. The van der Waals surface area contributed by atoms with Crippen molar-refractivity contribution in [3.05, 3.63) is 40.0 Å². The summed E-state index contributed by atoms with van der Waals surface area (Å²) >= 11 is 11.3. The second kappa shape index (κ2) is 4.90. The van der Waals surface area contributed by atoms with Gasteiger partial charge in [0.1, 0.15) is 11.1 Å². The van der Waals surface area contributed by atoms with E-state index in [2.05, 4.69) is 5.32 Å². The van der Waals surface area contributed by atoms with Gasteiger partial charge in [-0.05, 0) is 31.2 Å². The van der Waals surface area contributed by atoms with Gasteiger partial charge in [-0.3, -0.25) is 0 Å². The van der Waals surface area contributed by atoms with Crippen LogP contribution < -0.4 is 5.32 Å². The third kappa shape index (κ3) is 2.95. The predicted molar refractivity (Wildman–Crippen MR) is 59.2 cm³/mol. The average Bonchev–Trinajstić information content (AvgIpc) is 2.20. The molecule has 72 valence electrons. The average molecular weight is 227 g/mol. The lowest BCUT2D eigenvalue weighted by atomic mass is 10.3. The molecular formula is C10H8Cl2N2. The normalized spacial score (nSPS) is 11.6. The first kappa shape index (κ1) is 10.9. The molecule has 14 heavy (non-hydrogen) atoms. The molecule has 0 unspecified atom stereocenters. The number of nitrogens with one attached hydrogen (secondary N) is 1. The fraction of sp³-hybridized carbons (Fsp3) is 0.100. The van der Waals surface area contributed by atoms with Gasteiger partial charge in [-0.1, -0.05) is 23.2 Å². The Balaban J connectivity index is 2.81. The van der Waals surface area contributed by atoms with Gasteiger partial charge < -0.3 is 5.32 Å². The minimum Gasteiger partial charge on any atom is -0.357 e. The van der Waals surface area contributed by atoms with Crippen molar-refractivity contribution >= 4 is 28.9 Å². The van der Waals surface area contributed by atoms with Crippen molar-refractivity contribution in [1.82, 2.24) is 0 Å². The highest BCUT2D eigenvalue weighted by Gasteiger charge is 1.98. The Bertz CT molecular complexity index is 388. The quantitative estimate of drug-likeness (QED) is 0.781. The molecule has 0 amide bonds. The van der Waals surface area contributed by atoms with Gasteiger partial charge in [-0.15, -0.1) is 0 Å². The highest BCUT2D eigenvalue weighted by Crippen LogP contribution is 2.17. The molecule has 0 aliphatic carbocycles. The molecule has 1 rings (SSSR count). The van der Waals surface area contributed by atoms with Crippen molar-refractivity contribution in [1.29, 1.82) is 5.26 Å². The van der Waals surface area contributed by atoms with Crippen LogP contribution in [0.15, 0.2) is 35.0 Å². The zero-order chi connectivity index (χ0) is 10.6. The number of anilines is 1. The number of nitriles is 1. The van der Waals surface area contributed by atoms with Gasteiger partial charge in [0.25, 0.3) is 0 Å². The smallest absolute Gasteiger partial charge is 0.137 e. The Morgan fingerprint density at radius 2 is 1.93 bits per heavy atom. The number of nitrogens with zero attached hydrogens (tertiary/aromatic N) is 1. The largest absolute Gasteiger partial charge is 0.357 e. The van der Waals surface area contributed by atoms with Crippen LogP contribution in [0, 0.1) is 11.3 Å². The molecule has 0 heterocycles. The molecule has 0 aliphatic heterocycles. The molecule has 0 atom stereocenters. The van der Waals surface area contributed by atoms with Gasteiger partial charge in [-0.25, -0.2) is 0 Å². The van der Waals surface area contributed by atoms with Crippen LogP contribution in [0.5, 0.6) is 0 Å². The summed E-state index contributed by atoms with van der Waals surface area (Å²) in [5, 5.41) is 12.3. The molecule has 0 bridgehead atoms. The summed E-state index contributed by atoms with van der Waals surface area (Å²) in [5.41, 5.74) is 1.47. The first-order valence-electron chi connectivity index (χ1n) is 3.92. The van der Waals surface area contributed by atoms with E-state index in [1.54, 1.807) is 19.1 Å². The summed E-state index contributed by atoms with van der Waals surface area (Å²) in [6.07, 6.45) is 0. The maximum atomic E-state index is 8.53. The molecule has 0 saturated heterocycles. The molecule has 0 saturated carbocycles.